The molecule has 0 amide bonds. The van der Waals surface area contributed by atoms with Gasteiger partial charge in [0.1, 0.15) is 5.82 Å². The summed E-state index contributed by atoms with van der Waals surface area (Å²) >= 11 is 0. The van der Waals surface area contributed by atoms with Gasteiger partial charge in [0.05, 0.1) is 17.7 Å². The maximum Gasteiger partial charge on any atom is 0.338 e. The number of halogens is 1. The molecule has 0 fully saturated rings. The Kier molecular flexibility index (Phi) is 6.36. The molecule has 29 heavy (non-hydrogen) atoms. The van der Waals surface area contributed by atoms with Crippen LogP contribution in [0, 0.1) is 0 Å². The lowest BCUT2D eigenvalue weighted by Crippen LogP contribution is -2.05. The number of carbonyl (C=O) groups excluding carboxylic acids is 1. The van der Waals surface area contributed by atoms with Crippen LogP contribution >= 0.6 is 12.4 Å². The summed E-state index contributed by atoms with van der Waals surface area (Å²) in [6.45, 7) is 2.12. The highest BCUT2D eigenvalue weighted by molar-refractivity contribution is 5.94. The van der Waals surface area contributed by atoms with Crippen LogP contribution in [0.5, 0.6) is 0 Å². The number of esters is 1. The van der Waals surface area contributed by atoms with Gasteiger partial charge in [-0.25, -0.2) is 14.8 Å². The number of hydrogen-bond acceptors (Lipinski definition) is 6. The molecule has 2 aromatic carbocycles. The SMILES string of the molecule is CCOC(=O)c1cccc(Nc2nc(-c3ccncc3)nc3ccccc23)c1.Cl. The molecular weight excluding hydrogens is 388 g/mol. The Balaban J connectivity index is 0.00000240. The van der Waals surface area contributed by atoms with Gasteiger partial charge in [0.2, 0.25) is 0 Å². The largest absolute Gasteiger partial charge is 0.462 e. The van der Waals surface area contributed by atoms with Crippen LogP contribution in [0.25, 0.3) is 22.3 Å². The fraction of sp³-hybridized carbons (Fsp3) is 0.0909. The molecule has 2 aromatic heterocycles. The summed E-state index contributed by atoms with van der Waals surface area (Å²) < 4.78 is 5.08. The predicted octanol–water partition coefficient (Wildman–Crippen LogP) is 5.03. The molecule has 0 saturated heterocycles. The van der Waals surface area contributed by atoms with Crippen molar-refractivity contribution in [3.63, 3.8) is 0 Å². The van der Waals surface area contributed by atoms with Crippen molar-refractivity contribution in [2.45, 2.75) is 6.92 Å². The number of anilines is 2. The molecule has 0 aliphatic rings. The molecule has 0 unspecified atom stereocenters. The van der Waals surface area contributed by atoms with Gasteiger partial charge in [-0.05, 0) is 49.4 Å². The quantitative estimate of drug-likeness (QED) is 0.468. The zero-order valence-electron chi connectivity index (χ0n) is 15.7. The molecule has 0 aliphatic carbocycles. The molecule has 6 nitrogen and oxygen atoms in total. The van der Waals surface area contributed by atoms with E-state index in [1.165, 1.54) is 0 Å². The maximum atomic E-state index is 12.0. The Morgan fingerprint density at radius 3 is 2.59 bits per heavy atom. The summed E-state index contributed by atoms with van der Waals surface area (Å²) in [5, 5.41) is 4.21. The van der Waals surface area contributed by atoms with Crippen LogP contribution in [0.2, 0.25) is 0 Å². The minimum Gasteiger partial charge on any atom is -0.462 e. The molecule has 146 valence electrons. The summed E-state index contributed by atoms with van der Waals surface area (Å²) in [5.41, 5.74) is 2.94. The van der Waals surface area contributed by atoms with E-state index in [1.807, 2.05) is 48.5 Å². The highest BCUT2D eigenvalue weighted by Crippen LogP contribution is 2.27. The van der Waals surface area contributed by atoms with Crippen LogP contribution in [0.15, 0.2) is 73.1 Å². The number of benzene rings is 2. The van der Waals surface area contributed by atoms with E-state index in [2.05, 4.69) is 15.3 Å². The highest BCUT2D eigenvalue weighted by atomic mass is 35.5. The van der Waals surface area contributed by atoms with E-state index in [1.54, 1.807) is 31.5 Å². The minimum absolute atomic E-state index is 0. The summed E-state index contributed by atoms with van der Waals surface area (Å²) in [6.07, 6.45) is 3.42. The average Bonchev–Trinajstić information content (AvgIpc) is 2.75. The Morgan fingerprint density at radius 1 is 1.00 bits per heavy atom. The summed E-state index contributed by atoms with van der Waals surface area (Å²) in [5.74, 6) is 0.916. The summed E-state index contributed by atoms with van der Waals surface area (Å²) in [4.78, 5) is 25.4. The molecule has 0 aliphatic heterocycles. The second-order valence-electron chi connectivity index (χ2n) is 6.08. The third-order valence-electron chi connectivity index (χ3n) is 4.18. The van der Waals surface area contributed by atoms with Crippen LogP contribution < -0.4 is 5.32 Å². The first-order chi connectivity index (χ1) is 13.7. The number of pyridine rings is 1. The zero-order valence-corrected chi connectivity index (χ0v) is 16.5. The number of rotatable bonds is 5. The Bertz CT molecular complexity index is 1140. The second-order valence-corrected chi connectivity index (χ2v) is 6.08. The lowest BCUT2D eigenvalue weighted by Gasteiger charge is -2.12. The number of hydrogen-bond donors (Lipinski definition) is 1. The lowest BCUT2D eigenvalue weighted by molar-refractivity contribution is 0.0526. The van der Waals surface area contributed by atoms with Gasteiger partial charge in [0, 0.05) is 29.0 Å². The first kappa shape index (κ1) is 20.2. The molecule has 7 heteroatoms. The van der Waals surface area contributed by atoms with Crippen molar-refractivity contribution in [3.05, 3.63) is 78.6 Å². The molecule has 0 atom stereocenters. The molecule has 2 heterocycles. The van der Waals surface area contributed by atoms with Crippen molar-refractivity contribution in [2.24, 2.45) is 0 Å². The van der Waals surface area contributed by atoms with Crippen molar-refractivity contribution in [1.82, 2.24) is 15.0 Å². The number of fused-ring (bicyclic) bond motifs is 1. The van der Waals surface area contributed by atoms with Crippen molar-refractivity contribution in [3.8, 4) is 11.4 Å². The number of para-hydroxylation sites is 1. The number of nitrogens with one attached hydrogen (secondary N) is 1. The van der Waals surface area contributed by atoms with Gasteiger partial charge in [-0.2, -0.15) is 0 Å². The van der Waals surface area contributed by atoms with E-state index in [-0.39, 0.29) is 18.4 Å². The van der Waals surface area contributed by atoms with Crippen molar-refractivity contribution >= 4 is 40.8 Å². The van der Waals surface area contributed by atoms with Gasteiger partial charge < -0.3 is 10.1 Å². The lowest BCUT2D eigenvalue weighted by atomic mass is 10.1. The van der Waals surface area contributed by atoms with Gasteiger partial charge in [-0.3, -0.25) is 4.98 Å². The maximum absolute atomic E-state index is 12.0. The monoisotopic (exact) mass is 406 g/mol. The fourth-order valence-electron chi connectivity index (χ4n) is 2.88. The predicted molar refractivity (Wildman–Crippen MR) is 116 cm³/mol. The summed E-state index contributed by atoms with van der Waals surface area (Å²) in [7, 11) is 0. The molecule has 1 N–H and O–H groups in total. The van der Waals surface area contributed by atoms with Crippen LogP contribution in [0.3, 0.4) is 0 Å². The van der Waals surface area contributed by atoms with Crippen LogP contribution in [0.1, 0.15) is 17.3 Å². The Morgan fingerprint density at radius 2 is 1.79 bits per heavy atom. The molecule has 0 bridgehead atoms. The van der Waals surface area contributed by atoms with Gasteiger partial charge in [0.15, 0.2) is 5.82 Å². The highest BCUT2D eigenvalue weighted by Gasteiger charge is 2.11. The first-order valence-corrected chi connectivity index (χ1v) is 8.96. The van der Waals surface area contributed by atoms with E-state index in [0.29, 0.717) is 23.8 Å². The smallest absolute Gasteiger partial charge is 0.338 e. The molecule has 0 spiro atoms. The van der Waals surface area contributed by atoms with Gasteiger partial charge in [-0.15, -0.1) is 12.4 Å². The third-order valence-corrected chi connectivity index (χ3v) is 4.18. The Hall–Kier alpha value is -3.51. The van der Waals surface area contributed by atoms with Gasteiger partial charge >= 0.3 is 5.97 Å². The third kappa shape index (κ3) is 4.50. The van der Waals surface area contributed by atoms with Gasteiger partial charge in [0.25, 0.3) is 0 Å². The molecule has 0 radical (unpaired) electrons. The van der Waals surface area contributed by atoms with Gasteiger partial charge in [-0.1, -0.05) is 18.2 Å². The minimum atomic E-state index is -0.351. The molecule has 4 rings (SSSR count). The van der Waals surface area contributed by atoms with E-state index in [9.17, 15) is 4.79 Å². The van der Waals surface area contributed by atoms with E-state index in [4.69, 9.17) is 9.72 Å². The van der Waals surface area contributed by atoms with Crippen molar-refractivity contribution < 1.29 is 9.53 Å². The summed E-state index contributed by atoms with van der Waals surface area (Å²) in [6, 6.07) is 18.7. The molecular formula is C22H19ClN4O2. The van der Waals surface area contributed by atoms with Crippen LogP contribution in [-0.2, 0) is 4.74 Å². The normalized spacial score (nSPS) is 10.2. The van der Waals surface area contributed by atoms with Crippen molar-refractivity contribution in [1.29, 1.82) is 0 Å². The number of nitrogens with zero attached hydrogens (tertiary/aromatic N) is 3. The standard InChI is InChI=1S/C22H18N4O2.ClH/c1-2-28-22(27)16-6-5-7-17(14-16)24-21-18-8-3-4-9-19(18)25-20(26-21)15-10-12-23-13-11-15;/h3-14H,2H2,1H3,(H,24,25,26);1H. The van der Waals surface area contributed by atoms with Crippen LogP contribution in [0.4, 0.5) is 11.5 Å². The number of aromatic nitrogens is 3. The van der Waals surface area contributed by atoms with Crippen LogP contribution in [-0.4, -0.2) is 27.5 Å². The van der Waals surface area contributed by atoms with Crippen molar-refractivity contribution in [2.75, 3.05) is 11.9 Å². The fourth-order valence-corrected chi connectivity index (χ4v) is 2.88. The topological polar surface area (TPSA) is 77.0 Å². The number of carbonyl (C=O) groups is 1. The zero-order chi connectivity index (χ0) is 19.3. The average molecular weight is 407 g/mol. The molecule has 4 aromatic rings. The van der Waals surface area contributed by atoms with E-state index in [0.717, 1.165) is 22.2 Å². The van der Waals surface area contributed by atoms with E-state index < -0.39 is 0 Å². The Labute approximate surface area is 174 Å². The first-order valence-electron chi connectivity index (χ1n) is 8.96. The second kappa shape index (κ2) is 9.12. The molecule has 0 saturated carbocycles. The van der Waals surface area contributed by atoms with E-state index >= 15 is 0 Å². The number of ether oxygens (including phenoxy) is 1.